The van der Waals surface area contributed by atoms with Crippen molar-refractivity contribution in [1.82, 2.24) is 10.2 Å². The van der Waals surface area contributed by atoms with Gasteiger partial charge in [-0.15, -0.1) is 11.3 Å². The number of carboxylic acids is 1. The van der Waals surface area contributed by atoms with Gasteiger partial charge in [-0.05, 0) is 43.0 Å². The molecular formula is C15H19ClN2O3S. The number of carboxylic acid groups (broad SMARTS) is 1. The Morgan fingerprint density at radius 2 is 2.14 bits per heavy atom. The number of hydrogen-bond acceptors (Lipinski definition) is 4. The molecule has 0 radical (unpaired) electrons. The summed E-state index contributed by atoms with van der Waals surface area (Å²) in [5, 5.41) is 14.3. The van der Waals surface area contributed by atoms with Crippen LogP contribution in [0.1, 0.15) is 35.4 Å². The third kappa shape index (κ3) is 3.80. The summed E-state index contributed by atoms with van der Waals surface area (Å²) in [6.45, 7) is 0.965. The predicted molar refractivity (Wildman–Crippen MR) is 85.5 cm³/mol. The van der Waals surface area contributed by atoms with Crippen LogP contribution in [0.25, 0.3) is 0 Å². The van der Waals surface area contributed by atoms with Gasteiger partial charge >= 0.3 is 5.97 Å². The molecule has 2 saturated carbocycles. The van der Waals surface area contributed by atoms with Crippen LogP contribution in [0.4, 0.5) is 0 Å². The second kappa shape index (κ2) is 6.56. The van der Waals surface area contributed by atoms with Gasteiger partial charge in [0.2, 0.25) is 0 Å². The van der Waals surface area contributed by atoms with E-state index in [1.54, 1.807) is 11.4 Å². The van der Waals surface area contributed by atoms with Crippen LogP contribution in [-0.4, -0.2) is 47.1 Å². The summed E-state index contributed by atoms with van der Waals surface area (Å²) in [7, 11) is 0. The van der Waals surface area contributed by atoms with Gasteiger partial charge in [-0.2, -0.15) is 0 Å². The normalized spacial score (nSPS) is 24.1. The van der Waals surface area contributed by atoms with E-state index in [0.717, 1.165) is 19.4 Å². The second-order valence-electron chi connectivity index (χ2n) is 6.16. The highest BCUT2D eigenvalue weighted by Gasteiger charge is 2.38. The molecule has 1 aromatic heterocycles. The molecule has 2 aliphatic rings. The number of nitrogens with one attached hydrogen (secondary N) is 1. The Kier molecular flexibility index (Phi) is 4.70. The van der Waals surface area contributed by atoms with Crippen molar-refractivity contribution < 1.29 is 14.7 Å². The minimum absolute atomic E-state index is 0.0958. The van der Waals surface area contributed by atoms with E-state index < -0.39 is 5.97 Å². The van der Waals surface area contributed by atoms with Crippen LogP contribution in [0.3, 0.4) is 0 Å². The number of halogens is 1. The lowest BCUT2D eigenvalue weighted by molar-refractivity contribution is -0.139. The van der Waals surface area contributed by atoms with Crippen molar-refractivity contribution in [2.75, 3.05) is 13.1 Å². The largest absolute Gasteiger partial charge is 0.480 e. The molecule has 7 heteroatoms. The minimum Gasteiger partial charge on any atom is -0.480 e. The average Bonchev–Trinajstić information content (AvgIpc) is 3.11. The molecule has 22 heavy (non-hydrogen) atoms. The van der Waals surface area contributed by atoms with Crippen LogP contribution in [0.5, 0.6) is 0 Å². The van der Waals surface area contributed by atoms with E-state index in [-0.39, 0.29) is 24.5 Å². The second-order valence-corrected chi connectivity index (χ2v) is 7.48. The fourth-order valence-corrected chi connectivity index (χ4v) is 3.90. The van der Waals surface area contributed by atoms with Crippen molar-refractivity contribution in [3.8, 4) is 0 Å². The van der Waals surface area contributed by atoms with E-state index in [4.69, 9.17) is 16.7 Å². The zero-order chi connectivity index (χ0) is 15.7. The van der Waals surface area contributed by atoms with Crippen LogP contribution >= 0.6 is 22.9 Å². The molecule has 0 bridgehead atoms. The quantitative estimate of drug-likeness (QED) is 0.798. The third-order valence-corrected chi connectivity index (χ3v) is 5.66. The molecule has 0 unspecified atom stereocenters. The van der Waals surface area contributed by atoms with Crippen LogP contribution in [0.15, 0.2) is 11.4 Å². The Bertz CT molecular complexity index is 567. The van der Waals surface area contributed by atoms with E-state index in [1.165, 1.54) is 24.2 Å². The SMILES string of the molecule is O=C(O)CN(CC1CC1)C1CC(NC(=O)c2sccc2Cl)C1. The van der Waals surface area contributed by atoms with Gasteiger partial charge in [-0.3, -0.25) is 14.5 Å². The van der Waals surface area contributed by atoms with Crippen molar-refractivity contribution in [3.05, 3.63) is 21.3 Å². The molecule has 2 aliphatic carbocycles. The summed E-state index contributed by atoms with van der Waals surface area (Å²) < 4.78 is 0. The monoisotopic (exact) mass is 342 g/mol. The Morgan fingerprint density at radius 3 is 2.68 bits per heavy atom. The first kappa shape index (κ1) is 15.8. The summed E-state index contributed by atoms with van der Waals surface area (Å²) in [4.78, 5) is 25.7. The van der Waals surface area contributed by atoms with Crippen molar-refractivity contribution >= 4 is 34.8 Å². The highest BCUT2D eigenvalue weighted by molar-refractivity contribution is 7.12. The van der Waals surface area contributed by atoms with Crippen molar-refractivity contribution in [3.63, 3.8) is 0 Å². The topological polar surface area (TPSA) is 69.6 Å². The van der Waals surface area contributed by atoms with E-state index in [1.807, 2.05) is 0 Å². The fraction of sp³-hybridized carbons (Fsp3) is 0.600. The highest BCUT2D eigenvalue weighted by Crippen LogP contribution is 2.34. The maximum Gasteiger partial charge on any atom is 0.317 e. The average molecular weight is 343 g/mol. The molecule has 1 aromatic rings. The lowest BCUT2D eigenvalue weighted by Crippen LogP contribution is -2.55. The number of carbonyl (C=O) groups is 2. The van der Waals surface area contributed by atoms with Gasteiger partial charge < -0.3 is 10.4 Å². The predicted octanol–water partition coefficient (Wildman–Crippen LogP) is 2.46. The zero-order valence-corrected chi connectivity index (χ0v) is 13.7. The minimum atomic E-state index is -0.779. The van der Waals surface area contributed by atoms with Gasteiger partial charge in [0, 0.05) is 18.6 Å². The number of thiophene rings is 1. The molecule has 0 spiro atoms. The Balaban J connectivity index is 1.48. The van der Waals surface area contributed by atoms with Crippen molar-refractivity contribution in [2.24, 2.45) is 5.92 Å². The number of rotatable bonds is 7. The molecule has 1 amide bonds. The van der Waals surface area contributed by atoms with Gasteiger partial charge in [0.1, 0.15) is 4.88 Å². The fourth-order valence-electron chi connectivity index (χ4n) is 2.86. The smallest absolute Gasteiger partial charge is 0.317 e. The van der Waals surface area contributed by atoms with E-state index in [2.05, 4.69) is 10.2 Å². The molecule has 0 saturated heterocycles. The highest BCUT2D eigenvalue weighted by atomic mass is 35.5. The molecule has 2 fully saturated rings. The van der Waals surface area contributed by atoms with Gasteiger partial charge in [0.25, 0.3) is 5.91 Å². The van der Waals surface area contributed by atoms with E-state index >= 15 is 0 Å². The van der Waals surface area contributed by atoms with Crippen LogP contribution < -0.4 is 5.32 Å². The third-order valence-electron chi connectivity index (χ3n) is 4.32. The first-order valence-corrected chi connectivity index (χ1v) is 8.78. The Hall–Kier alpha value is -1.11. The molecule has 2 N–H and O–H groups in total. The van der Waals surface area contributed by atoms with E-state index in [9.17, 15) is 9.59 Å². The summed E-state index contributed by atoms with van der Waals surface area (Å²) in [5.41, 5.74) is 0. The lowest BCUT2D eigenvalue weighted by Gasteiger charge is -2.42. The van der Waals surface area contributed by atoms with E-state index in [0.29, 0.717) is 15.8 Å². The molecule has 3 rings (SSSR count). The number of aliphatic carboxylic acids is 1. The maximum absolute atomic E-state index is 12.1. The van der Waals surface area contributed by atoms with Gasteiger partial charge in [-0.25, -0.2) is 0 Å². The molecule has 120 valence electrons. The number of nitrogens with zero attached hydrogens (tertiary/aromatic N) is 1. The van der Waals surface area contributed by atoms with Gasteiger partial charge in [0.05, 0.1) is 11.6 Å². The molecule has 0 aromatic carbocycles. The van der Waals surface area contributed by atoms with Gasteiger partial charge in [-0.1, -0.05) is 11.6 Å². The summed E-state index contributed by atoms with van der Waals surface area (Å²) >= 11 is 7.29. The molecule has 0 atom stereocenters. The number of amides is 1. The van der Waals surface area contributed by atoms with Crippen LogP contribution in [0, 0.1) is 5.92 Å². The Morgan fingerprint density at radius 1 is 1.41 bits per heavy atom. The van der Waals surface area contributed by atoms with Crippen molar-refractivity contribution in [1.29, 1.82) is 0 Å². The summed E-state index contributed by atoms with van der Waals surface area (Å²) in [5.74, 6) is -0.244. The number of hydrogen-bond donors (Lipinski definition) is 2. The first-order valence-electron chi connectivity index (χ1n) is 7.52. The molecule has 5 nitrogen and oxygen atoms in total. The molecular weight excluding hydrogens is 324 g/mol. The van der Waals surface area contributed by atoms with Crippen molar-refractivity contribution in [2.45, 2.75) is 37.8 Å². The van der Waals surface area contributed by atoms with Gasteiger partial charge in [0.15, 0.2) is 0 Å². The Labute approximate surface area is 138 Å². The maximum atomic E-state index is 12.1. The standard InChI is InChI=1S/C15H19ClN2O3S/c16-12-3-4-22-14(12)15(21)17-10-5-11(6-10)18(8-13(19)20)7-9-1-2-9/h3-4,9-11H,1-2,5-8H2,(H,17,21)(H,19,20). The lowest BCUT2D eigenvalue weighted by atomic mass is 9.85. The first-order chi connectivity index (χ1) is 10.5. The summed E-state index contributed by atoms with van der Waals surface area (Å²) in [6.07, 6.45) is 4.04. The van der Waals surface area contributed by atoms with Crippen LogP contribution in [0.2, 0.25) is 5.02 Å². The zero-order valence-electron chi connectivity index (χ0n) is 12.1. The molecule has 0 aliphatic heterocycles. The molecule has 1 heterocycles. The van der Waals surface area contributed by atoms with Crippen LogP contribution in [-0.2, 0) is 4.79 Å². The summed E-state index contributed by atoms with van der Waals surface area (Å²) in [6, 6.07) is 2.10. The number of carbonyl (C=O) groups excluding carboxylic acids is 1.